The molecule has 3 aliphatic rings. The first kappa shape index (κ1) is 44.5. The number of phenols is 1. The number of rotatable bonds is 9. The van der Waals surface area contributed by atoms with E-state index in [1.807, 2.05) is 44.0 Å². The summed E-state index contributed by atoms with van der Waals surface area (Å²) >= 11 is 0. The van der Waals surface area contributed by atoms with E-state index in [1.165, 1.54) is 17.0 Å². The minimum atomic E-state index is -1.14. The summed E-state index contributed by atoms with van der Waals surface area (Å²) in [5, 5.41) is 16.6. The van der Waals surface area contributed by atoms with Crippen LogP contribution in [-0.2, 0) is 54.6 Å². The number of aryl methyl sites for hydroxylation is 1. The number of likely N-dealkylation sites (tertiary alicyclic amines) is 1. The van der Waals surface area contributed by atoms with Crippen LogP contribution in [0.5, 0.6) is 5.75 Å². The Hall–Kier alpha value is -5.51. The summed E-state index contributed by atoms with van der Waals surface area (Å²) in [6.45, 7) is 12.6. The molecule has 2 fully saturated rings. The summed E-state index contributed by atoms with van der Waals surface area (Å²) in [5.41, 5.74) is 9.63. The topological polar surface area (TPSA) is 168 Å². The molecule has 4 aromatic rings. The molecule has 332 valence electrons. The van der Waals surface area contributed by atoms with Crippen LogP contribution < -0.4 is 10.7 Å². The Bertz CT molecular complexity index is 2320. The number of carbonyl (C=O) groups excluding carboxylic acids is 4. The van der Waals surface area contributed by atoms with E-state index in [2.05, 4.69) is 54.3 Å². The number of hydrogen-bond acceptors (Lipinski definition) is 11. The van der Waals surface area contributed by atoms with Crippen molar-refractivity contribution in [3.63, 3.8) is 0 Å². The Morgan fingerprint density at radius 3 is 2.60 bits per heavy atom. The normalized spacial score (nSPS) is 20.3. The highest BCUT2D eigenvalue weighted by Gasteiger charge is 2.39. The van der Waals surface area contributed by atoms with E-state index >= 15 is 0 Å². The van der Waals surface area contributed by atoms with Crippen LogP contribution in [0.25, 0.3) is 33.3 Å². The third kappa shape index (κ3) is 9.44. The number of aromatic hydroxyl groups is 1. The molecule has 2 aromatic heterocycles. The van der Waals surface area contributed by atoms with Crippen molar-refractivity contribution in [3.8, 4) is 28.1 Å². The number of phenolic OH excluding ortho intramolecular Hbond substituents is 1. The number of carbonyl (C=O) groups is 4. The van der Waals surface area contributed by atoms with Gasteiger partial charge in [-0.3, -0.25) is 34.2 Å². The number of nitrogens with one attached hydrogen (secondary N) is 2. The first-order valence-electron chi connectivity index (χ1n) is 21.7. The standard InChI is InChI=1S/C47H61N7O8/c1-9-53-40-15-14-30-22-35(40)36(42(53)34-12-10-16-48-39(34)26-60-8)23-47(4,5)27-61-45(58)37-13-11-17-54(50-37)44(57)38(20-29-18-31(30)21-32(55)19-29)49-43(56)41(28(2)3)52(7)46(59)62-33-24-51(6)25-33/h10,12,14-16,18-19,21-22,28,33,37-38,41,50,55H,9,11,13,17,20,23-27H2,1-8H3,(H,49,56)/t37-,38-,41-/m0/s1. The zero-order valence-corrected chi connectivity index (χ0v) is 37.2. The number of aromatic nitrogens is 2. The van der Waals surface area contributed by atoms with Crippen molar-refractivity contribution < 1.29 is 38.5 Å². The number of likely N-dealkylation sites (N-methyl/N-ethyl adjacent to an activating group) is 2. The maximum atomic E-state index is 14.6. The van der Waals surface area contributed by atoms with E-state index in [1.54, 1.807) is 25.4 Å². The van der Waals surface area contributed by atoms with E-state index in [0.717, 1.165) is 44.5 Å². The maximum Gasteiger partial charge on any atom is 0.410 e. The van der Waals surface area contributed by atoms with Gasteiger partial charge in [0.1, 0.15) is 30.0 Å². The van der Waals surface area contributed by atoms with E-state index in [4.69, 9.17) is 19.2 Å². The molecular formula is C47H61N7O8. The number of esters is 1. The summed E-state index contributed by atoms with van der Waals surface area (Å²) in [4.78, 5) is 64.0. The molecule has 2 aromatic carbocycles. The van der Waals surface area contributed by atoms with Crippen molar-refractivity contribution in [2.24, 2.45) is 11.3 Å². The predicted molar refractivity (Wildman–Crippen MR) is 235 cm³/mol. The van der Waals surface area contributed by atoms with Crippen molar-refractivity contribution >= 4 is 34.8 Å². The van der Waals surface area contributed by atoms with Crippen LogP contribution in [0.15, 0.2) is 54.7 Å². The molecule has 0 spiro atoms. The zero-order valence-electron chi connectivity index (χ0n) is 37.2. The second-order valence-electron chi connectivity index (χ2n) is 18.2. The highest BCUT2D eigenvalue weighted by molar-refractivity contribution is 5.96. The molecule has 0 radical (unpaired) electrons. The van der Waals surface area contributed by atoms with Gasteiger partial charge in [-0.05, 0) is 97.8 Å². The van der Waals surface area contributed by atoms with Gasteiger partial charge in [0.15, 0.2) is 0 Å². The lowest BCUT2D eigenvalue weighted by atomic mass is 9.84. The largest absolute Gasteiger partial charge is 0.508 e. The molecule has 0 saturated carbocycles. The van der Waals surface area contributed by atoms with Gasteiger partial charge < -0.3 is 29.2 Å². The van der Waals surface area contributed by atoms with Gasteiger partial charge in [-0.15, -0.1) is 0 Å². The van der Waals surface area contributed by atoms with Crippen LogP contribution in [-0.4, -0.2) is 125 Å². The molecule has 6 bridgehead atoms. The first-order valence-corrected chi connectivity index (χ1v) is 21.7. The van der Waals surface area contributed by atoms with E-state index in [-0.39, 0.29) is 30.8 Å². The lowest BCUT2D eigenvalue weighted by Gasteiger charge is -2.38. The van der Waals surface area contributed by atoms with Gasteiger partial charge in [-0.2, -0.15) is 0 Å². The quantitative estimate of drug-likeness (QED) is 0.187. The molecule has 0 unspecified atom stereocenters. The zero-order chi connectivity index (χ0) is 44.5. The van der Waals surface area contributed by atoms with Crippen LogP contribution in [0.3, 0.4) is 0 Å². The van der Waals surface area contributed by atoms with Gasteiger partial charge in [0.2, 0.25) is 5.91 Å². The first-order chi connectivity index (χ1) is 29.6. The molecule has 7 rings (SSSR count). The fourth-order valence-corrected chi connectivity index (χ4v) is 9.16. The number of ether oxygens (including phenoxy) is 3. The number of fused-ring (bicyclic) bond motifs is 6. The molecule has 62 heavy (non-hydrogen) atoms. The van der Waals surface area contributed by atoms with Crippen molar-refractivity contribution in [3.05, 3.63) is 71.5 Å². The van der Waals surface area contributed by atoms with Crippen molar-refractivity contribution in [2.75, 3.05) is 47.4 Å². The molecule has 3 aliphatic heterocycles. The number of methoxy groups -OCH3 is 1. The summed E-state index contributed by atoms with van der Waals surface area (Å²) in [7, 11) is 5.12. The average molecular weight is 852 g/mol. The van der Waals surface area contributed by atoms with Gasteiger partial charge in [0.25, 0.3) is 5.91 Å². The number of hydrazine groups is 1. The Morgan fingerprint density at radius 2 is 1.89 bits per heavy atom. The third-order valence-electron chi connectivity index (χ3n) is 12.2. The maximum absolute atomic E-state index is 14.6. The summed E-state index contributed by atoms with van der Waals surface area (Å²) in [5.74, 6) is -1.80. The average Bonchev–Trinajstić information content (AvgIpc) is 3.52. The molecule has 15 heteroatoms. The monoisotopic (exact) mass is 851 g/mol. The van der Waals surface area contributed by atoms with Crippen LogP contribution in [0, 0.1) is 11.3 Å². The second kappa shape index (κ2) is 18.5. The van der Waals surface area contributed by atoms with Crippen LogP contribution >= 0.6 is 0 Å². The molecule has 15 nitrogen and oxygen atoms in total. The number of cyclic esters (lactones) is 1. The Balaban J connectivity index is 1.32. The Kier molecular flexibility index (Phi) is 13.3. The summed E-state index contributed by atoms with van der Waals surface area (Å²) < 4.78 is 19.6. The summed E-state index contributed by atoms with van der Waals surface area (Å²) in [6.07, 6.45) is 2.42. The van der Waals surface area contributed by atoms with Gasteiger partial charge in [0.05, 0.1) is 24.6 Å². The minimum Gasteiger partial charge on any atom is -0.508 e. The predicted octanol–water partition coefficient (Wildman–Crippen LogP) is 5.30. The number of pyridine rings is 1. The van der Waals surface area contributed by atoms with E-state index in [9.17, 15) is 24.3 Å². The van der Waals surface area contributed by atoms with Crippen LogP contribution in [0.2, 0.25) is 0 Å². The Morgan fingerprint density at radius 1 is 1.11 bits per heavy atom. The molecule has 3 atom stereocenters. The van der Waals surface area contributed by atoms with Gasteiger partial charge in [0, 0.05) is 74.8 Å². The van der Waals surface area contributed by atoms with Gasteiger partial charge in [-0.1, -0.05) is 39.8 Å². The molecule has 0 aliphatic carbocycles. The Labute approximate surface area is 363 Å². The molecule has 2 saturated heterocycles. The fraction of sp³-hybridized carbons (Fsp3) is 0.511. The SMILES string of the molecule is CCn1c(-c2cccnc2COC)c2c3cc(ccc31)-c1cc(O)cc(c1)C[C@H](NC(=O)[C@H](C(C)C)N(C)C(=O)OC1CN(C)C1)C(=O)N1CCC[C@H](N1)C(=O)OCC(C)(C)C2. The van der Waals surface area contributed by atoms with E-state index in [0.29, 0.717) is 57.6 Å². The van der Waals surface area contributed by atoms with Crippen molar-refractivity contribution in [1.29, 1.82) is 0 Å². The number of hydrogen-bond donors (Lipinski definition) is 3. The van der Waals surface area contributed by atoms with Crippen molar-refractivity contribution in [1.82, 2.24) is 35.1 Å². The molecule has 3 amide bonds. The number of amides is 3. The van der Waals surface area contributed by atoms with Crippen LogP contribution in [0.4, 0.5) is 4.79 Å². The lowest BCUT2D eigenvalue weighted by Crippen LogP contribution is -2.62. The van der Waals surface area contributed by atoms with Gasteiger partial charge >= 0.3 is 12.1 Å². The highest BCUT2D eigenvalue weighted by Crippen LogP contribution is 2.41. The van der Waals surface area contributed by atoms with E-state index < -0.39 is 47.4 Å². The summed E-state index contributed by atoms with van der Waals surface area (Å²) in [6, 6.07) is 12.6. The third-order valence-corrected chi connectivity index (χ3v) is 12.2. The minimum absolute atomic E-state index is 0.000324. The van der Waals surface area contributed by atoms with Gasteiger partial charge in [-0.25, -0.2) is 10.2 Å². The fourth-order valence-electron chi connectivity index (χ4n) is 9.16. The lowest BCUT2D eigenvalue weighted by molar-refractivity contribution is -0.155. The number of nitrogens with zero attached hydrogens (tertiary/aromatic N) is 5. The highest BCUT2D eigenvalue weighted by atomic mass is 16.6. The number of benzene rings is 2. The molecule has 3 N–H and O–H groups in total. The second-order valence-corrected chi connectivity index (χ2v) is 18.2. The molecular weight excluding hydrogens is 791 g/mol. The van der Waals surface area contributed by atoms with Crippen molar-refractivity contribution in [2.45, 2.75) is 97.7 Å². The molecule has 5 heterocycles. The smallest absolute Gasteiger partial charge is 0.410 e. The van der Waals surface area contributed by atoms with Crippen LogP contribution in [0.1, 0.15) is 64.3 Å².